The van der Waals surface area contributed by atoms with Crippen molar-refractivity contribution in [2.24, 2.45) is 11.7 Å². The number of carbonyl (C=O) groups is 1. The van der Waals surface area contributed by atoms with Crippen LogP contribution in [-0.4, -0.2) is 49.8 Å². The molecule has 0 radical (unpaired) electrons. The summed E-state index contributed by atoms with van der Waals surface area (Å²) < 4.78 is 11.2. The quantitative estimate of drug-likeness (QED) is 0.881. The summed E-state index contributed by atoms with van der Waals surface area (Å²) in [4.78, 5) is 14.5. The van der Waals surface area contributed by atoms with Crippen LogP contribution in [-0.2, 0) is 14.3 Å². The van der Waals surface area contributed by atoms with Gasteiger partial charge in [0, 0.05) is 24.8 Å². The van der Waals surface area contributed by atoms with Crippen LogP contribution in [0.1, 0.15) is 24.5 Å². The summed E-state index contributed by atoms with van der Waals surface area (Å²) in [6.07, 6.45) is 1.60. The highest BCUT2D eigenvalue weighted by atomic mass is 35.5. The highest BCUT2D eigenvalue weighted by Crippen LogP contribution is 2.25. The van der Waals surface area contributed by atoms with E-state index in [2.05, 4.69) is 0 Å². The molecule has 0 bridgehead atoms. The van der Waals surface area contributed by atoms with Crippen LogP contribution in [0, 0.1) is 5.92 Å². The summed E-state index contributed by atoms with van der Waals surface area (Å²) in [6.45, 7) is 3.06. The number of carbonyl (C=O) groups excluding carboxylic acids is 1. The summed E-state index contributed by atoms with van der Waals surface area (Å²) in [5.41, 5.74) is 7.26. The molecule has 0 aliphatic carbocycles. The van der Waals surface area contributed by atoms with Gasteiger partial charge >= 0.3 is 0 Å². The Morgan fingerprint density at radius 2 is 1.88 bits per heavy atom. The molecule has 2 aliphatic rings. The number of nitrogens with zero attached hydrogens (tertiary/aromatic N) is 1. The van der Waals surface area contributed by atoms with Crippen LogP contribution in [0.2, 0.25) is 5.02 Å². The minimum atomic E-state index is -0.442. The molecule has 2 heterocycles. The van der Waals surface area contributed by atoms with Gasteiger partial charge < -0.3 is 20.1 Å². The fourth-order valence-electron chi connectivity index (χ4n) is 3.22. The van der Waals surface area contributed by atoms with Crippen LogP contribution >= 0.6 is 24.0 Å². The van der Waals surface area contributed by atoms with E-state index in [4.69, 9.17) is 26.8 Å². The minimum Gasteiger partial charge on any atom is -0.381 e. The second-order valence-corrected chi connectivity index (χ2v) is 6.61. The number of halogens is 2. The molecule has 2 N–H and O–H groups in total. The van der Waals surface area contributed by atoms with E-state index >= 15 is 0 Å². The van der Waals surface area contributed by atoms with Crippen molar-refractivity contribution in [2.75, 3.05) is 32.9 Å². The molecule has 7 heteroatoms. The third-order valence-electron chi connectivity index (χ3n) is 4.68. The van der Waals surface area contributed by atoms with Crippen molar-refractivity contribution in [1.82, 2.24) is 4.90 Å². The second-order valence-electron chi connectivity index (χ2n) is 6.17. The molecule has 3 rings (SSSR count). The van der Waals surface area contributed by atoms with Crippen molar-refractivity contribution in [1.29, 1.82) is 0 Å². The van der Waals surface area contributed by atoms with E-state index in [-0.39, 0.29) is 30.3 Å². The van der Waals surface area contributed by atoms with Gasteiger partial charge in [0.05, 0.1) is 19.2 Å². The minimum absolute atomic E-state index is 0. The second kappa shape index (κ2) is 9.02. The zero-order valence-corrected chi connectivity index (χ0v) is 15.1. The first kappa shape index (κ1) is 19.5. The van der Waals surface area contributed by atoms with E-state index in [9.17, 15) is 4.79 Å². The van der Waals surface area contributed by atoms with Gasteiger partial charge in [0.25, 0.3) is 0 Å². The molecular formula is C17H24Cl2N2O3. The Bertz CT molecular complexity index is 535. The highest BCUT2D eigenvalue weighted by Gasteiger charge is 2.33. The Morgan fingerprint density at radius 3 is 2.54 bits per heavy atom. The lowest BCUT2D eigenvalue weighted by Crippen LogP contribution is -2.52. The summed E-state index contributed by atoms with van der Waals surface area (Å²) in [7, 11) is 0. The molecule has 2 saturated heterocycles. The van der Waals surface area contributed by atoms with Crippen LogP contribution in [0.15, 0.2) is 24.3 Å². The molecule has 24 heavy (non-hydrogen) atoms. The van der Waals surface area contributed by atoms with Gasteiger partial charge in [-0.05, 0) is 36.5 Å². The van der Waals surface area contributed by atoms with Gasteiger partial charge in [0.1, 0.15) is 6.10 Å². The number of morpholine rings is 1. The normalized spacial score (nSPS) is 23.4. The highest BCUT2D eigenvalue weighted by molar-refractivity contribution is 6.30. The SMILES string of the molecule is Cl.NC(C(=O)N1CCOC(c2ccc(Cl)cc2)C1)C1CCOCC1. The lowest BCUT2D eigenvalue weighted by atomic mass is 9.91. The Morgan fingerprint density at radius 1 is 1.21 bits per heavy atom. The van der Waals surface area contributed by atoms with Gasteiger partial charge in [0.2, 0.25) is 5.91 Å². The number of benzene rings is 1. The number of amides is 1. The molecular weight excluding hydrogens is 351 g/mol. The molecule has 5 nitrogen and oxygen atoms in total. The Balaban J connectivity index is 0.00000208. The zero-order valence-electron chi connectivity index (χ0n) is 13.5. The maximum atomic E-state index is 12.7. The van der Waals surface area contributed by atoms with Crippen LogP contribution in [0.4, 0.5) is 0 Å². The predicted molar refractivity (Wildman–Crippen MR) is 95.5 cm³/mol. The van der Waals surface area contributed by atoms with E-state index in [0.29, 0.717) is 37.9 Å². The van der Waals surface area contributed by atoms with E-state index < -0.39 is 6.04 Å². The lowest BCUT2D eigenvalue weighted by molar-refractivity contribution is -0.142. The average molecular weight is 375 g/mol. The first-order valence-electron chi connectivity index (χ1n) is 8.14. The van der Waals surface area contributed by atoms with Crippen LogP contribution in [0.3, 0.4) is 0 Å². The third kappa shape index (κ3) is 4.61. The van der Waals surface area contributed by atoms with Gasteiger partial charge in [-0.15, -0.1) is 12.4 Å². The maximum Gasteiger partial charge on any atom is 0.239 e. The number of hydrogen-bond donors (Lipinski definition) is 1. The largest absolute Gasteiger partial charge is 0.381 e. The molecule has 0 spiro atoms. The lowest BCUT2D eigenvalue weighted by Gasteiger charge is -2.36. The van der Waals surface area contributed by atoms with Crippen LogP contribution in [0.25, 0.3) is 0 Å². The first-order valence-corrected chi connectivity index (χ1v) is 8.52. The predicted octanol–water partition coefficient (Wildman–Crippen LogP) is 2.42. The van der Waals surface area contributed by atoms with Gasteiger partial charge in [-0.3, -0.25) is 4.79 Å². The van der Waals surface area contributed by atoms with Crippen molar-refractivity contribution in [3.05, 3.63) is 34.9 Å². The Labute approximate surface area is 153 Å². The third-order valence-corrected chi connectivity index (χ3v) is 4.93. The van der Waals surface area contributed by atoms with Gasteiger partial charge in [0.15, 0.2) is 0 Å². The average Bonchev–Trinajstić information content (AvgIpc) is 2.62. The van der Waals surface area contributed by atoms with Gasteiger partial charge in [-0.1, -0.05) is 23.7 Å². The summed E-state index contributed by atoms with van der Waals surface area (Å²) >= 11 is 5.93. The van der Waals surface area contributed by atoms with Crippen LogP contribution in [0.5, 0.6) is 0 Å². The molecule has 2 fully saturated rings. The molecule has 0 saturated carbocycles. The van der Waals surface area contributed by atoms with E-state index in [1.165, 1.54) is 0 Å². The molecule has 1 aromatic rings. The van der Waals surface area contributed by atoms with Crippen molar-refractivity contribution in [2.45, 2.75) is 25.0 Å². The molecule has 134 valence electrons. The number of nitrogens with two attached hydrogens (primary N) is 1. The van der Waals surface area contributed by atoms with Gasteiger partial charge in [-0.25, -0.2) is 0 Å². The van der Waals surface area contributed by atoms with E-state index in [1.807, 2.05) is 29.2 Å². The molecule has 2 atom stereocenters. The molecule has 0 aromatic heterocycles. The van der Waals surface area contributed by atoms with Crippen molar-refractivity contribution >= 4 is 29.9 Å². The smallest absolute Gasteiger partial charge is 0.239 e. The first-order chi connectivity index (χ1) is 11.1. The van der Waals surface area contributed by atoms with Crippen molar-refractivity contribution < 1.29 is 14.3 Å². The number of hydrogen-bond acceptors (Lipinski definition) is 4. The Kier molecular flexibility index (Phi) is 7.32. The fourth-order valence-corrected chi connectivity index (χ4v) is 3.34. The number of ether oxygens (including phenoxy) is 2. The summed E-state index contributed by atoms with van der Waals surface area (Å²) in [5.74, 6) is 0.243. The van der Waals surface area contributed by atoms with Gasteiger partial charge in [-0.2, -0.15) is 0 Å². The number of rotatable bonds is 3. The fraction of sp³-hybridized carbons (Fsp3) is 0.588. The van der Waals surface area contributed by atoms with Crippen molar-refractivity contribution in [3.8, 4) is 0 Å². The molecule has 2 unspecified atom stereocenters. The molecule has 2 aliphatic heterocycles. The Hall–Kier alpha value is -0.850. The zero-order chi connectivity index (χ0) is 16.2. The monoisotopic (exact) mass is 374 g/mol. The van der Waals surface area contributed by atoms with Crippen LogP contribution < -0.4 is 5.73 Å². The maximum absolute atomic E-state index is 12.7. The molecule has 1 amide bonds. The summed E-state index contributed by atoms with van der Waals surface area (Å²) in [6, 6.07) is 7.13. The molecule has 1 aromatic carbocycles. The van der Waals surface area contributed by atoms with Crippen molar-refractivity contribution in [3.63, 3.8) is 0 Å². The topological polar surface area (TPSA) is 64.8 Å². The van der Waals surface area contributed by atoms with E-state index in [1.54, 1.807) is 0 Å². The van der Waals surface area contributed by atoms with E-state index in [0.717, 1.165) is 18.4 Å². The standard InChI is InChI=1S/C17H23ClN2O3.ClH/c18-14-3-1-12(2-4-14)15-11-20(7-10-23-15)17(21)16(19)13-5-8-22-9-6-13;/h1-4,13,15-16H,5-11,19H2;1H. The summed E-state index contributed by atoms with van der Waals surface area (Å²) in [5, 5.41) is 0.694.